The molecule has 5 heteroatoms. The van der Waals surface area contributed by atoms with Crippen molar-refractivity contribution < 1.29 is 13.9 Å². The van der Waals surface area contributed by atoms with Crippen molar-refractivity contribution in [3.63, 3.8) is 0 Å². The van der Waals surface area contributed by atoms with Gasteiger partial charge in [-0.3, -0.25) is 4.79 Å². The van der Waals surface area contributed by atoms with Crippen LogP contribution in [0.25, 0.3) is 11.0 Å². The van der Waals surface area contributed by atoms with E-state index in [-0.39, 0.29) is 5.78 Å². The maximum absolute atomic E-state index is 11.3. The van der Waals surface area contributed by atoms with Crippen LogP contribution in [-0.2, 0) is 4.79 Å². The lowest BCUT2D eigenvalue weighted by molar-refractivity contribution is -0.122. The molecule has 0 unspecified atom stereocenters. The topological polar surface area (TPSA) is 56.5 Å². The van der Waals surface area contributed by atoms with Gasteiger partial charge in [0.05, 0.1) is 5.02 Å². The van der Waals surface area contributed by atoms with Crippen molar-refractivity contribution in [2.75, 3.05) is 0 Å². The molecule has 4 nitrogen and oxygen atoms in total. The monoisotopic (exact) mass is 280 g/mol. The van der Waals surface area contributed by atoms with Gasteiger partial charge in [-0.25, -0.2) is 4.79 Å². The standard InChI is InChI=1S/C14H13ClO4/c1-7-4-14(17)19-12-6-13(11(15)5-10(7)12)18-9(3)8(2)16/h4-6,9H,1-3H3/t9-/m1/s1. The highest BCUT2D eigenvalue weighted by molar-refractivity contribution is 6.32. The molecule has 0 aliphatic carbocycles. The van der Waals surface area contributed by atoms with Crippen LogP contribution in [0.5, 0.6) is 5.75 Å². The van der Waals surface area contributed by atoms with E-state index in [1.165, 1.54) is 19.1 Å². The molecule has 0 amide bonds. The number of carbonyl (C=O) groups excluding carboxylic acids is 1. The number of fused-ring (bicyclic) bond motifs is 1. The summed E-state index contributed by atoms with van der Waals surface area (Å²) in [4.78, 5) is 22.5. The molecule has 2 rings (SSSR count). The second kappa shape index (κ2) is 5.05. The Hall–Kier alpha value is -1.81. The highest BCUT2D eigenvalue weighted by atomic mass is 35.5. The van der Waals surface area contributed by atoms with Gasteiger partial charge in [0.1, 0.15) is 11.3 Å². The predicted molar refractivity (Wildman–Crippen MR) is 73.0 cm³/mol. The Morgan fingerprint density at radius 1 is 1.37 bits per heavy atom. The molecule has 0 aliphatic heterocycles. The van der Waals surface area contributed by atoms with Gasteiger partial charge in [-0.05, 0) is 32.4 Å². The number of hydrogen-bond donors (Lipinski definition) is 0. The van der Waals surface area contributed by atoms with Crippen LogP contribution < -0.4 is 10.4 Å². The van der Waals surface area contributed by atoms with Crippen molar-refractivity contribution in [2.45, 2.75) is 26.9 Å². The van der Waals surface area contributed by atoms with Crippen LogP contribution in [-0.4, -0.2) is 11.9 Å². The van der Waals surface area contributed by atoms with Gasteiger partial charge in [-0.1, -0.05) is 11.6 Å². The number of carbonyl (C=O) groups is 1. The molecule has 0 bridgehead atoms. The number of benzene rings is 1. The number of hydrogen-bond acceptors (Lipinski definition) is 4. The molecule has 1 heterocycles. The fourth-order valence-electron chi connectivity index (χ4n) is 1.68. The average molecular weight is 281 g/mol. The van der Waals surface area contributed by atoms with Gasteiger partial charge in [0.2, 0.25) is 0 Å². The molecule has 2 aromatic rings. The molecule has 0 saturated carbocycles. The Balaban J connectivity index is 2.55. The van der Waals surface area contributed by atoms with Gasteiger partial charge < -0.3 is 9.15 Å². The summed E-state index contributed by atoms with van der Waals surface area (Å²) in [6, 6.07) is 4.60. The van der Waals surface area contributed by atoms with E-state index in [1.807, 2.05) is 0 Å². The van der Waals surface area contributed by atoms with E-state index < -0.39 is 11.7 Å². The summed E-state index contributed by atoms with van der Waals surface area (Å²) in [6.07, 6.45) is -0.605. The second-order valence-electron chi connectivity index (χ2n) is 4.40. The molecule has 1 aromatic heterocycles. The van der Waals surface area contributed by atoms with Crippen molar-refractivity contribution in [2.24, 2.45) is 0 Å². The van der Waals surface area contributed by atoms with E-state index in [4.69, 9.17) is 20.8 Å². The highest BCUT2D eigenvalue weighted by Gasteiger charge is 2.14. The summed E-state index contributed by atoms with van der Waals surface area (Å²) in [5.41, 5.74) is 0.734. The molecule has 0 radical (unpaired) electrons. The van der Waals surface area contributed by atoms with E-state index in [9.17, 15) is 9.59 Å². The average Bonchev–Trinajstić information content (AvgIpc) is 2.31. The van der Waals surface area contributed by atoms with Gasteiger partial charge in [0.15, 0.2) is 11.9 Å². The first-order valence-electron chi connectivity index (χ1n) is 5.79. The van der Waals surface area contributed by atoms with Gasteiger partial charge in [0.25, 0.3) is 0 Å². The Morgan fingerprint density at radius 3 is 2.68 bits per heavy atom. The van der Waals surface area contributed by atoms with E-state index in [2.05, 4.69) is 0 Å². The van der Waals surface area contributed by atoms with Gasteiger partial charge in [0, 0.05) is 17.5 Å². The minimum atomic E-state index is -0.605. The number of aryl methyl sites for hydroxylation is 1. The first kappa shape index (κ1) is 13.6. The third-order valence-corrected chi connectivity index (χ3v) is 3.18. The molecular weight excluding hydrogens is 268 g/mol. The van der Waals surface area contributed by atoms with Crippen LogP contribution in [0.15, 0.2) is 27.4 Å². The maximum atomic E-state index is 11.3. The van der Waals surface area contributed by atoms with Crippen LogP contribution >= 0.6 is 11.6 Å². The van der Waals surface area contributed by atoms with E-state index in [0.29, 0.717) is 16.4 Å². The normalized spacial score (nSPS) is 12.4. The van der Waals surface area contributed by atoms with Crippen molar-refractivity contribution in [1.29, 1.82) is 0 Å². The molecule has 0 aliphatic rings. The third-order valence-electron chi connectivity index (χ3n) is 2.88. The molecule has 19 heavy (non-hydrogen) atoms. The third kappa shape index (κ3) is 2.79. The predicted octanol–water partition coefficient (Wildman–Crippen LogP) is 3.11. The minimum Gasteiger partial charge on any atom is -0.481 e. The number of halogens is 1. The van der Waals surface area contributed by atoms with Crippen LogP contribution in [0.4, 0.5) is 0 Å². The first-order chi connectivity index (χ1) is 8.88. The lowest BCUT2D eigenvalue weighted by Crippen LogP contribution is -2.20. The Morgan fingerprint density at radius 2 is 2.05 bits per heavy atom. The molecular formula is C14H13ClO4. The van der Waals surface area contributed by atoms with Crippen molar-refractivity contribution >= 4 is 28.4 Å². The van der Waals surface area contributed by atoms with E-state index in [1.54, 1.807) is 19.9 Å². The Kier molecular flexibility index (Phi) is 3.62. The number of rotatable bonds is 3. The molecule has 1 aromatic carbocycles. The molecule has 0 saturated heterocycles. The van der Waals surface area contributed by atoms with Crippen LogP contribution in [0.2, 0.25) is 5.02 Å². The van der Waals surface area contributed by atoms with Crippen LogP contribution in [0, 0.1) is 6.92 Å². The van der Waals surface area contributed by atoms with Crippen molar-refractivity contribution in [3.05, 3.63) is 39.2 Å². The Labute approximate surface area is 114 Å². The largest absolute Gasteiger partial charge is 0.481 e. The maximum Gasteiger partial charge on any atom is 0.336 e. The van der Waals surface area contributed by atoms with Gasteiger partial charge in [-0.15, -0.1) is 0 Å². The molecule has 1 atom stereocenters. The fourth-order valence-corrected chi connectivity index (χ4v) is 1.89. The zero-order chi connectivity index (χ0) is 14.2. The molecule has 100 valence electrons. The second-order valence-corrected chi connectivity index (χ2v) is 4.81. The molecule has 0 N–H and O–H groups in total. The van der Waals surface area contributed by atoms with Crippen molar-refractivity contribution in [3.8, 4) is 5.75 Å². The molecule has 0 spiro atoms. The van der Waals surface area contributed by atoms with Gasteiger partial charge >= 0.3 is 5.63 Å². The number of ketones is 1. The lowest BCUT2D eigenvalue weighted by Gasteiger charge is -2.13. The summed E-state index contributed by atoms with van der Waals surface area (Å²) in [6.45, 7) is 4.87. The van der Waals surface area contributed by atoms with Gasteiger partial charge in [-0.2, -0.15) is 0 Å². The summed E-state index contributed by atoms with van der Waals surface area (Å²) < 4.78 is 10.6. The number of Topliss-reactive ketones (excluding diaryl/α,β-unsaturated/α-hetero) is 1. The van der Waals surface area contributed by atoms with E-state index in [0.717, 1.165) is 10.9 Å². The van der Waals surface area contributed by atoms with Crippen molar-refractivity contribution in [1.82, 2.24) is 0 Å². The summed E-state index contributed by atoms with van der Waals surface area (Å²) in [5, 5.41) is 1.12. The quantitative estimate of drug-likeness (QED) is 0.811. The zero-order valence-electron chi connectivity index (χ0n) is 10.8. The smallest absolute Gasteiger partial charge is 0.336 e. The summed E-state index contributed by atoms with van der Waals surface area (Å²) in [5.74, 6) is 0.215. The minimum absolute atomic E-state index is 0.109. The van der Waals surface area contributed by atoms with Crippen LogP contribution in [0.3, 0.4) is 0 Å². The summed E-state index contributed by atoms with van der Waals surface area (Å²) >= 11 is 6.11. The number of ether oxygens (including phenoxy) is 1. The molecule has 0 fully saturated rings. The lowest BCUT2D eigenvalue weighted by atomic mass is 10.1. The Bertz CT molecular complexity index is 702. The zero-order valence-corrected chi connectivity index (χ0v) is 11.6. The fraction of sp³-hybridized carbons (Fsp3) is 0.286. The van der Waals surface area contributed by atoms with E-state index >= 15 is 0 Å². The summed E-state index contributed by atoms with van der Waals surface area (Å²) in [7, 11) is 0. The first-order valence-corrected chi connectivity index (χ1v) is 6.17. The SMILES string of the molecule is CC(=O)[C@@H](C)Oc1cc2oc(=O)cc(C)c2cc1Cl. The van der Waals surface area contributed by atoms with Crippen LogP contribution in [0.1, 0.15) is 19.4 Å². The highest BCUT2D eigenvalue weighted by Crippen LogP contribution is 2.31.